The van der Waals surface area contributed by atoms with Crippen molar-refractivity contribution in [2.75, 3.05) is 13.3 Å². The Kier molecular flexibility index (Phi) is 4.53. The van der Waals surface area contributed by atoms with Gasteiger partial charge in [-0.1, -0.05) is 11.6 Å². The summed E-state index contributed by atoms with van der Waals surface area (Å²) in [6.45, 7) is 2.06. The summed E-state index contributed by atoms with van der Waals surface area (Å²) >= 11 is 6.13. The lowest BCUT2D eigenvalue weighted by molar-refractivity contribution is -0.133. The maximum Gasteiger partial charge on any atom is 0.242 e. The van der Waals surface area contributed by atoms with E-state index in [1.54, 1.807) is 29.2 Å². The first-order valence-corrected chi connectivity index (χ1v) is 8.78. The second-order valence-corrected chi connectivity index (χ2v) is 6.76. The topological polar surface area (TPSA) is 77.1 Å². The molecule has 2 amide bonds. The molecule has 1 N–H and O–H groups in total. The highest BCUT2D eigenvalue weighted by Gasteiger charge is 2.25. The van der Waals surface area contributed by atoms with Crippen LogP contribution in [0.3, 0.4) is 0 Å². The van der Waals surface area contributed by atoms with Gasteiger partial charge < -0.3 is 24.4 Å². The maximum absolute atomic E-state index is 12.7. The van der Waals surface area contributed by atoms with E-state index < -0.39 is 0 Å². The van der Waals surface area contributed by atoms with Crippen LogP contribution in [-0.4, -0.2) is 30.1 Å². The fourth-order valence-corrected chi connectivity index (χ4v) is 3.22. The lowest BCUT2D eigenvalue weighted by Gasteiger charge is -2.28. The van der Waals surface area contributed by atoms with Crippen molar-refractivity contribution in [3.63, 3.8) is 0 Å². The number of ether oxygens (including phenoxy) is 3. The van der Waals surface area contributed by atoms with Crippen LogP contribution < -0.4 is 19.5 Å². The van der Waals surface area contributed by atoms with Gasteiger partial charge in [0.15, 0.2) is 11.5 Å². The summed E-state index contributed by atoms with van der Waals surface area (Å²) in [5.74, 6) is 1.94. The molecule has 0 aromatic heterocycles. The summed E-state index contributed by atoms with van der Waals surface area (Å²) in [6.07, 6.45) is 0. The van der Waals surface area contributed by atoms with Crippen molar-refractivity contribution >= 4 is 23.4 Å². The molecule has 0 saturated carbocycles. The first kappa shape index (κ1) is 17.5. The molecule has 2 aromatic rings. The van der Waals surface area contributed by atoms with E-state index in [2.05, 4.69) is 5.32 Å². The largest absolute Gasteiger partial charge is 0.457 e. The van der Waals surface area contributed by atoms with Crippen molar-refractivity contribution in [1.82, 2.24) is 10.2 Å². The van der Waals surface area contributed by atoms with Gasteiger partial charge >= 0.3 is 0 Å². The molecule has 27 heavy (non-hydrogen) atoms. The third-order valence-corrected chi connectivity index (χ3v) is 4.60. The Labute approximate surface area is 160 Å². The molecule has 2 aliphatic heterocycles. The predicted octanol–water partition coefficient (Wildman–Crippen LogP) is 2.84. The molecule has 0 bridgehead atoms. The number of hydrogen-bond acceptors (Lipinski definition) is 5. The van der Waals surface area contributed by atoms with Crippen molar-refractivity contribution < 1.29 is 23.8 Å². The molecule has 2 aliphatic rings. The number of nitrogens with one attached hydrogen (secondary N) is 1. The van der Waals surface area contributed by atoms with Crippen LogP contribution in [0, 0.1) is 0 Å². The zero-order chi connectivity index (χ0) is 19.0. The summed E-state index contributed by atoms with van der Waals surface area (Å²) in [7, 11) is 0. The van der Waals surface area contributed by atoms with E-state index in [1.165, 1.54) is 6.92 Å². The molecule has 0 aliphatic carbocycles. The van der Waals surface area contributed by atoms with Gasteiger partial charge in [-0.15, -0.1) is 0 Å². The first-order chi connectivity index (χ1) is 13.0. The zero-order valence-corrected chi connectivity index (χ0v) is 15.3. The number of fused-ring (bicyclic) bond motifs is 3. The van der Waals surface area contributed by atoms with Gasteiger partial charge in [0.2, 0.25) is 18.6 Å². The van der Waals surface area contributed by atoms with Crippen molar-refractivity contribution in [2.24, 2.45) is 0 Å². The number of hydrogen-bond donors (Lipinski definition) is 1. The number of halogens is 1. The number of amides is 2. The highest BCUT2D eigenvalue weighted by atomic mass is 35.5. The van der Waals surface area contributed by atoms with Gasteiger partial charge in [-0.2, -0.15) is 0 Å². The van der Waals surface area contributed by atoms with Crippen LogP contribution in [0.1, 0.15) is 18.1 Å². The van der Waals surface area contributed by atoms with Gasteiger partial charge in [-0.3, -0.25) is 9.59 Å². The summed E-state index contributed by atoms with van der Waals surface area (Å²) in [4.78, 5) is 25.5. The molecule has 7 nitrogen and oxygen atoms in total. The van der Waals surface area contributed by atoms with E-state index in [9.17, 15) is 9.59 Å². The first-order valence-electron chi connectivity index (χ1n) is 8.40. The molecule has 2 aromatic carbocycles. The van der Waals surface area contributed by atoms with E-state index in [0.29, 0.717) is 41.1 Å². The highest BCUT2D eigenvalue weighted by Crippen LogP contribution is 2.42. The average Bonchev–Trinajstić information content (AvgIpc) is 3.06. The average molecular weight is 389 g/mol. The Morgan fingerprint density at radius 1 is 1.04 bits per heavy atom. The Morgan fingerprint density at radius 2 is 1.74 bits per heavy atom. The molecule has 0 atom stereocenters. The Balaban J connectivity index is 1.73. The van der Waals surface area contributed by atoms with Crippen LogP contribution in [-0.2, 0) is 22.7 Å². The van der Waals surface area contributed by atoms with Crippen molar-refractivity contribution in [3.8, 4) is 23.0 Å². The SMILES string of the molecule is CC(=O)NCC(=O)N1Cc2cc(Cl)ccc2Oc2cc3c(cc2C1)OCO3. The molecular weight excluding hydrogens is 372 g/mol. The number of nitrogens with zero attached hydrogens (tertiary/aromatic N) is 1. The third-order valence-electron chi connectivity index (χ3n) is 4.36. The van der Waals surface area contributed by atoms with E-state index in [1.807, 2.05) is 6.07 Å². The summed E-state index contributed by atoms with van der Waals surface area (Å²) in [5.41, 5.74) is 1.57. The number of benzene rings is 2. The standard InChI is InChI=1S/C19H17ClN2O5/c1-11(23)21-7-19(24)22-8-12-4-14(20)2-3-15(12)27-16-6-18-17(25-10-26-18)5-13(16)9-22/h2-6H,7-10H2,1H3,(H,21,23). The van der Waals surface area contributed by atoms with E-state index in [4.69, 9.17) is 25.8 Å². The van der Waals surface area contributed by atoms with Gasteiger partial charge in [-0.05, 0) is 24.3 Å². The zero-order valence-electron chi connectivity index (χ0n) is 14.6. The van der Waals surface area contributed by atoms with Crippen molar-refractivity contribution in [1.29, 1.82) is 0 Å². The van der Waals surface area contributed by atoms with Crippen LogP contribution in [0.15, 0.2) is 30.3 Å². The highest BCUT2D eigenvalue weighted by molar-refractivity contribution is 6.30. The van der Waals surface area contributed by atoms with Gasteiger partial charge in [-0.25, -0.2) is 0 Å². The van der Waals surface area contributed by atoms with Gasteiger partial charge in [0.25, 0.3) is 0 Å². The summed E-state index contributed by atoms with van der Waals surface area (Å²) < 4.78 is 17.0. The second kappa shape index (κ2) is 7.00. The number of rotatable bonds is 2. The number of carbonyl (C=O) groups is 2. The summed E-state index contributed by atoms with van der Waals surface area (Å²) in [5, 5.41) is 3.10. The Hall–Kier alpha value is -2.93. The molecule has 0 spiro atoms. The van der Waals surface area contributed by atoms with Crippen LogP contribution in [0.25, 0.3) is 0 Å². The van der Waals surface area contributed by atoms with E-state index in [-0.39, 0.29) is 25.2 Å². The maximum atomic E-state index is 12.7. The molecule has 0 fully saturated rings. The second-order valence-electron chi connectivity index (χ2n) is 6.33. The molecule has 140 valence electrons. The Morgan fingerprint density at radius 3 is 2.48 bits per heavy atom. The van der Waals surface area contributed by atoms with Gasteiger partial charge in [0, 0.05) is 42.2 Å². The van der Waals surface area contributed by atoms with Gasteiger partial charge in [0.1, 0.15) is 11.5 Å². The van der Waals surface area contributed by atoms with Crippen LogP contribution in [0.4, 0.5) is 0 Å². The van der Waals surface area contributed by atoms with E-state index >= 15 is 0 Å². The minimum atomic E-state index is -0.258. The molecule has 4 rings (SSSR count). The monoisotopic (exact) mass is 388 g/mol. The normalized spacial score (nSPS) is 14.4. The molecule has 0 unspecified atom stereocenters. The molecule has 0 radical (unpaired) electrons. The molecule has 8 heteroatoms. The minimum absolute atomic E-state index is 0.0774. The fourth-order valence-electron chi connectivity index (χ4n) is 3.03. The molecule has 0 saturated heterocycles. The predicted molar refractivity (Wildman–Crippen MR) is 97.0 cm³/mol. The van der Waals surface area contributed by atoms with E-state index in [0.717, 1.165) is 11.1 Å². The molecular formula is C19H17ClN2O5. The number of carbonyl (C=O) groups excluding carboxylic acids is 2. The van der Waals surface area contributed by atoms with Crippen LogP contribution in [0.2, 0.25) is 5.02 Å². The lowest BCUT2D eigenvalue weighted by atomic mass is 10.1. The third kappa shape index (κ3) is 3.64. The summed E-state index contributed by atoms with van der Waals surface area (Å²) in [6, 6.07) is 8.86. The lowest BCUT2D eigenvalue weighted by Crippen LogP contribution is -2.39. The quantitative estimate of drug-likeness (QED) is 0.856. The van der Waals surface area contributed by atoms with Crippen molar-refractivity contribution in [2.45, 2.75) is 20.0 Å². The van der Waals surface area contributed by atoms with Crippen LogP contribution in [0.5, 0.6) is 23.0 Å². The minimum Gasteiger partial charge on any atom is -0.457 e. The fraction of sp³-hybridized carbons (Fsp3) is 0.263. The van der Waals surface area contributed by atoms with Crippen LogP contribution >= 0.6 is 11.6 Å². The van der Waals surface area contributed by atoms with Crippen molar-refractivity contribution in [3.05, 3.63) is 46.5 Å². The molecule has 2 heterocycles. The van der Waals surface area contributed by atoms with Gasteiger partial charge in [0.05, 0.1) is 6.54 Å². The smallest absolute Gasteiger partial charge is 0.242 e. The Bertz CT molecular complexity index is 931.